The second-order valence-electron chi connectivity index (χ2n) is 5.91. The van der Waals surface area contributed by atoms with E-state index >= 15 is 0 Å². The Morgan fingerprint density at radius 3 is 2.24 bits per heavy atom. The zero-order valence-corrected chi connectivity index (χ0v) is 15.0. The van der Waals surface area contributed by atoms with Crippen LogP contribution in [0.3, 0.4) is 0 Å². The first-order valence-electron chi connectivity index (χ1n) is 7.67. The van der Waals surface area contributed by atoms with Gasteiger partial charge in [0.1, 0.15) is 12.4 Å². The Morgan fingerprint density at radius 2 is 1.68 bits per heavy atom. The lowest BCUT2D eigenvalue weighted by molar-refractivity contribution is -0.133. The van der Waals surface area contributed by atoms with E-state index in [4.69, 9.17) is 9.47 Å². The molecule has 0 spiro atoms. The second kappa shape index (κ2) is 6.37. The van der Waals surface area contributed by atoms with Crippen molar-refractivity contribution in [2.24, 2.45) is 0 Å². The van der Waals surface area contributed by atoms with Crippen molar-refractivity contribution in [2.75, 3.05) is 20.0 Å². The van der Waals surface area contributed by atoms with Gasteiger partial charge in [0.25, 0.3) is 0 Å². The summed E-state index contributed by atoms with van der Waals surface area (Å²) in [6.07, 6.45) is 1.18. The molecule has 0 N–H and O–H groups in total. The molecule has 0 radical (unpaired) electrons. The average Bonchev–Trinajstić information content (AvgIpc) is 2.95. The molecule has 3 rings (SSSR count). The zero-order chi connectivity index (χ0) is 18.2. The van der Waals surface area contributed by atoms with Crippen LogP contribution in [0, 0.1) is 6.92 Å². The number of carbonyl (C=O) groups excluding carboxylic acids is 1. The fourth-order valence-electron chi connectivity index (χ4n) is 2.94. The summed E-state index contributed by atoms with van der Waals surface area (Å²) in [5.74, 6) is 0.315. The van der Waals surface area contributed by atoms with Gasteiger partial charge in [-0.1, -0.05) is 24.3 Å². The molecule has 1 heterocycles. The molecule has 0 amide bonds. The first-order chi connectivity index (χ1) is 11.8. The van der Waals surface area contributed by atoms with E-state index in [0.717, 1.165) is 16.7 Å². The second-order valence-corrected chi connectivity index (χ2v) is 7.89. The summed E-state index contributed by atoms with van der Waals surface area (Å²) < 4.78 is 33.9. The Morgan fingerprint density at radius 1 is 1.04 bits per heavy atom. The van der Waals surface area contributed by atoms with Crippen LogP contribution >= 0.6 is 0 Å². The molecule has 0 saturated carbocycles. The van der Waals surface area contributed by atoms with Crippen molar-refractivity contribution in [1.29, 1.82) is 0 Å². The van der Waals surface area contributed by atoms with Crippen LogP contribution in [0.5, 0.6) is 5.75 Å². The monoisotopic (exact) mass is 358 g/mol. The number of benzene rings is 2. The SMILES string of the molecule is COc1ccc(C2=C(c3ccc(S(C)(=O)=O)c(C)c3)COC2=O)cc1. The number of hydrogen-bond donors (Lipinski definition) is 0. The van der Waals surface area contributed by atoms with Gasteiger partial charge in [-0.3, -0.25) is 0 Å². The zero-order valence-electron chi connectivity index (χ0n) is 14.2. The summed E-state index contributed by atoms with van der Waals surface area (Å²) in [6, 6.07) is 12.2. The summed E-state index contributed by atoms with van der Waals surface area (Å²) in [5, 5.41) is 0. The molecule has 6 heteroatoms. The van der Waals surface area contributed by atoms with Crippen LogP contribution in [-0.4, -0.2) is 34.4 Å². The molecule has 0 aromatic heterocycles. The van der Waals surface area contributed by atoms with E-state index in [1.807, 2.05) is 0 Å². The Kier molecular flexibility index (Phi) is 4.39. The molecule has 2 aromatic rings. The lowest BCUT2D eigenvalue weighted by Crippen LogP contribution is -2.01. The van der Waals surface area contributed by atoms with Gasteiger partial charge in [0.15, 0.2) is 9.84 Å². The van der Waals surface area contributed by atoms with E-state index < -0.39 is 9.84 Å². The van der Waals surface area contributed by atoms with Gasteiger partial charge in [0, 0.05) is 11.8 Å². The molecule has 0 saturated heterocycles. The normalized spacial score (nSPS) is 14.6. The number of sulfone groups is 1. The molecule has 0 atom stereocenters. The summed E-state index contributed by atoms with van der Waals surface area (Å²) >= 11 is 0. The molecule has 25 heavy (non-hydrogen) atoms. The van der Waals surface area contributed by atoms with Crippen LogP contribution in [0.15, 0.2) is 47.4 Å². The van der Waals surface area contributed by atoms with E-state index in [1.54, 1.807) is 56.5 Å². The van der Waals surface area contributed by atoms with Gasteiger partial charge in [-0.05, 0) is 41.8 Å². The Balaban J connectivity index is 2.11. The fraction of sp³-hybridized carbons (Fsp3) is 0.211. The number of hydrogen-bond acceptors (Lipinski definition) is 5. The topological polar surface area (TPSA) is 69.7 Å². The number of ether oxygens (including phenoxy) is 2. The van der Waals surface area contributed by atoms with Gasteiger partial charge in [0.05, 0.1) is 17.6 Å². The average molecular weight is 358 g/mol. The highest BCUT2D eigenvalue weighted by atomic mass is 32.2. The standard InChI is InChI=1S/C19H18O5S/c1-12-10-14(6-9-17(12)25(3,21)22)16-11-24-19(20)18(16)13-4-7-15(23-2)8-5-13/h4-10H,11H2,1-3H3. The molecule has 2 aromatic carbocycles. The molecule has 1 aliphatic heterocycles. The van der Waals surface area contributed by atoms with Gasteiger partial charge < -0.3 is 9.47 Å². The van der Waals surface area contributed by atoms with Crippen LogP contribution in [0.4, 0.5) is 0 Å². The number of carbonyl (C=O) groups is 1. The van der Waals surface area contributed by atoms with E-state index in [2.05, 4.69) is 0 Å². The molecule has 1 aliphatic rings. The fourth-order valence-corrected chi connectivity index (χ4v) is 3.89. The van der Waals surface area contributed by atoms with Crippen LogP contribution in [-0.2, 0) is 19.4 Å². The molecule has 5 nitrogen and oxygen atoms in total. The van der Waals surface area contributed by atoms with E-state index in [0.29, 0.717) is 16.9 Å². The third-order valence-corrected chi connectivity index (χ3v) is 5.41. The molecule has 0 bridgehead atoms. The highest BCUT2D eigenvalue weighted by molar-refractivity contribution is 7.90. The predicted octanol–water partition coefficient (Wildman–Crippen LogP) is 2.87. The molecule has 0 unspecified atom stereocenters. The van der Waals surface area contributed by atoms with E-state index in [9.17, 15) is 13.2 Å². The number of aryl methyl sites for hydroxylation is 1. The lowest BCUT2D eigenvalue weighted by Gasteiger charge is -2.09. The summed E-state index contributed by atoms with van der Waals surface area (Å²) in [4.78, 5) is 12.5. The number of rotatable bonds is 4. The Hall–Kier alpha value is -2.60. The first kappa shape index (κ1) is 17.2. The summed E-state index contributed by atoms with van der Waals surface area (Å²) in [7, 11) is -1.71. The van der Waals surface area contributed by atoms with Gasteiger partial charge in [-0.25, -0.2) is 13.2 Å². The maximum atomic E-state index is 12.2. The van der Waals surface area contributed by atoms with Gasteiger partial charge in [-0.2, -0.15) is 0 Å². The largest absolute Gasteiger partial charge is 0.497 e. The lowest BCUT2D eigenvalue weighted by atomic mass is 9.96. The summed E-state index contributed by atoms with van der Waals surface area (Å²) in [6.45, 7) is 1.91. The van der Waals surface area contributed by atoms with Crippen molar-refractivity contribution in [3.05, 3.63) is 59.2 Å². The minimum atomic E-state index is -3.29. The Bertz CT molecular complexity index is 969. The third-order valence-electron chi connectivity index (χ3n) is 4.16. The third kappa shape index (κ3) is 3.30. The van der Waals surface area contributed by atoms with Crippen LogP contribution in [0.25, 0.3) is 11.1 Å². The highest BCUT2D eigenvalue weighted by Crippen LogP contribution is 2.34. The van der Waals surface area contributed by atoms with Gasteiger partial charge in [-0.15, -0.1) is 0 Å². The van der Waals surface area contributed by atoms with Crippen molar-refractivity contribution in [2.45, 2.75) is 11.8 Å². The van der Waals surface area contributed by atoms with Crippen molar-refractivity contribution >= 4 is 27.0 Å². The first-order valence-corrected chi connectivity index (χ1v) is 9.56. The Labute approximate surface area is 146 Å². The quantitative estimate of drug-likeness (QED) is 0.786. The molecular formula is C19H18O5S. The van der Waals surface area contributed by atoms with Gasteiger partial charge in [0.2, 0.25) is 0 Å². The molecular weight excluding hydrogens is 340 g/mol. The molecule has 0 aliphatic carbocycles. The van der Waals surface area contributed by atoms with Crippen LogP contribution < -0.4 is 4.74 Å². The van der Waals surface area contributed by atoms with E-state index in [1.165, 1.54) is 6.26 Å². The van der Waals surface area contributed by atoms with Crippen molar-refractivity contribution < 1.29 is 22.7 Å². The minimum Gasteiger partial charge on any atom is -0.497 e. The predicted molar refractivity (Wildman–Crippen MR) is 95.1 cm³/mol. The number of methoxy groups -OCH3 is 1. The summed E-state index contributed by atoms with van der Waals surface area (Å²) in [5.41, 5.74) is 3.40. The molecule has 130 valence electrons. The maximum absolute atomic E-state index is 12.2. The van der Waals surface area contributed by atoms with Crippen molar-refractivity contribution in [3.8, 4) is 5.75 Å². The van der Waals surface area contributed by atoms with Gasteiger partial charge >= 0.3 is 5.97 Å². The van der Waals surface area contributed by atoms with Crippen LogP contribution in [0.2, 0.25) is 0 Å². The van der Waals surface area contributed by atoms with E-state index in [-0.39, 0.29) is 17.5 Å². The van der Waals surface area contributed by atoms with Crippen LogP contribution in [0.1, 0.15) is 16.7 Å². The minimum absolute atomic E-state index is 0.165. The maximum Gasteiger partial charge on any atom is 0.339 e. The highest BCUT2D eigenvalue weighted by Gasteiger charge is 2.27. The van der Waals surface area contributed by atoms with Crippen molar-refractivity contribution in [3.63, 3.8) is 0 Å². The molecule has 0 fully saturated rings. The smallest absolute Gasteiger partial charge is 0.339 e. The number of esters is 1. The van der Waals surface area contributed by atoms with Crippen molar-refractivity contribution in [1.82, 2.24) is 0 Å². The number of cyclic esters (lactones) is 1.